The predicted octanol–water partition coefficient (Wildman–Crippen LogP) is 1.04. The fourth-order valence-corrected chi connectivity index (χ4v) is 1.46. The van der Waals surface area contributed by atoms with E-state index < -0.39 is 17.9 Å². The molecular weight excluding hydrogens is 234 g/mol. The number of carbonyl (C=O) groups excluding carboxylic acids is 1. The summed E-state index contributed by atoms with van der Waals surface area (Å²) in [4.78, 5) is 22.6. The molecule has 0 fully saturated rings. The zero-order chi connectivity index (χ0) is 13.4. The molecule has 0 heterocycles. The lowest BCUT2D eigenvalue weighted by molar-refractivity contribution is -0.159. The van der Waals surface area contributed by atoms with Gasteiger partial charge in [-0.25, -0.2) is 0 Å². The lowest BCUT2D eigenvalue weighted by Gasteiger charge is -2.11. The summed E-state index contributed by atoms with van der Waals surface area (Å²) in [6.45, 7) is 0.556. The Morgan fingerprint density at radius 1 is 1.33 bits per heavy atom. The summed E-state index contributed by atoms with van der Waals surface area (Å²) in [5.41, 5.74) is 0.837. The molecule has 18 heavy (non-hydrogen) atoms. The van der Waals surface area contributed by atoms with E-state index in [1.165, 1.54) is 0 Å². The second-order valence-corrected chi connectivity index (χ2v) is 3.88. The monoisotopic (exact) mass is 251 g/mol. The van der Waals surface area contributed by atoms with Gasteiger partial charge in [-0.1, -0.05) is 30.3 Å². The van der Waals surface area contributed by atoms with Crippen LogP contribution in [0.2, 0.25) is 0 Å². The maximum atomic E-state index is 11.6. The third-order valence-corrected chi connectivity index (χ3v) is 2.49. The highest BCUT2D eigenvalue weighted by molar-refractivity contribution is 5.93. The van der Waals surface area contributed by atoms with Crippen LogP contribution in [0.25, 0.3) is 0 Å². The van der Waals surface area contributed by atoms with Crippen LogP contribution in [-0.4, -0.2) is 30.6 Å². The molecule has 2 N–H and O–H groups in total. The molecule has 0 spiro atoms. The van der Waals surface area contributed by atoms with Crippen LogP contribution < -0.4 is 5.32 Å². The van der Waals surface area contributed by atoms with Gasteiger partial charge in [-0.3, -0.25) is 9.59 Å². The van der Waals surface area contributed by atoms with Crippen LogP contribution in [0.5, 0.6) is 0 Å². The van der Waals surface area contributed by atoms with Crippen molar-refractivity contribution < 1.29 is 19.4 Å². The van der Waals surface area contributed by atoms with Gasteiger partial charge >= 0.3 is 11.9 Å². The Balaban J connectivity index is 2.49. The third-order valence-electron chi connectivity index (χ3n) is 2.49. The van der Waals surface area contributed by atoms with Gasteiger partial charge in [0.25, 0.3) is 0 Å². The van der Waals surface area contributed by atoms with Crippen molar-refractivity contribution in [1.29, 1.82) is 0 Å². The number of hydrogen-bond donors (Lipinski definition) is 2. The first-order valence-electron chi connectivity index (χ1n) is 5.73. The maximum absolute atomic E-state index is 11.6. The minimum atomic E-state index is -1.15. The Kier molecular flexibility index (Phi) is 5.87. The first-order chi connectivity index (χ1) is 8.65. The molecule has 0 aliphatic rings. The van der Waals surface area contributed by atoms with E-state index in [0.29, 0.717) is 6.54 Å². The lowest BCUT2D eigenvalue weighted by atomic mass is 10.1. The number of carboxylic acids is 1. The van der Waals surface area contributed by atoms with E-state index >= 15 is 0 Å². The van der Waals surface area contributed by atoms with Gasteiger partial charge in [0.15, 0.2) is 5.92 Å². The second kappa shape index (κ2) is 7.45. The van der Waals surface area contributed by atoms with Crippen molar-refractivity contribution in [2.45, 2.75) is 13.0 Å². The summed E-state index contributed by atoms with van der Waals surface area (Å²) < 4.78 is 5.00. The molecular formula is C13H17NO4. The van der Waals surface area contributed by atoms with Crippen molar-refractivity contribution in [3.05, 3.63) is 35.9 Å². The molecule has 0 aromatic heterocycles. The summed E-state index contributed by atoms with van der Waals surface area (Å²) in [6.07, 6.45) is 0.222. The van der Waals surface area contributed by atoms with Crippen molar-refractivity contribution in [1.82, 2.24) is 5.32 Å². The second-order valence-electron chi connectivity index (χ2n) is 3.88. The summed E-state index contributed by atoms with van der Waals surface area (Å²) in [6, 6.07) is 9.16. The van der Waals surface area contributed by atoms with E-state index in [1.54, 1.807) is 7.05 Å². The standard InChI is InChI=1S/C13H17NO4/c1-14-8-7-11(12(15)16)13(17)18-9-10-5-3-2-4-6-10/h2-6,11,14H,7-9H2,1H3,(H,15,16). The van der Waals surface area contributed by atoms with Gasteiger partial charge in [0, 0.05) is 0 Å². The minimum absolute atomic E-state index is 0.100. The average molecular weight is 251 g/mol. The number of aliphatic carboxylic acids is 1. The first-order valence-corrected chi connectivity index (χ1v) is 5.73. The molecule has 1 rings (SSSR count). The molecule has 1 unspecified atom stereocenters. The van der Waals surface area contributed by atoms with Crippen LogP contribution in [0.3, 0.4) is 0 Å². The molecule has 0 amide bonds. The first kappa shape index (κ1) is 14.2. The number of rotatable bonds is 7. The van der Waals surface area contributed by atoms with Gasteiger partial charge in [0.05, 0.1) is 0 Å². The van der Waals surface area contributed by atoms with Crippen molar-refractivity contribution >= 4 is 11.9 Å². The molecule has 5 nitrogen and oxygen atoms in total. The van der Waals surface area contributed by atoms with E-state index in [9.17, 15) is 9.59 Å². The van der Waals surface area contributed by atoms with Crippen LogP contribution in [0, 0.1) is 5.92 Å². The Morgan fingerprint density at radius 2 is 2.00 bits per heavy atom. The summed E-state index contributed by atoms with van der Waals surface area (Å²) in [5, 5.41) is 11.7. The average Bonchev–Trinajstić information content (AvgIpc) is 2.37. The summed E-state index contributed by atoms with van der Waals surface area (Å²) in [5.74, 6) is -2.95. The van der Waals surface area contributed by atoms with Gasteiger partial charge in [-0.2, -0.15) is 0 Å². The number of esters is 1. The van der Waals surface area contributed by atoms with Crippen LogP contribution in [0.1, 0.15) is 12.0 Å². The number of carbonyl (C=O) groups is 2. The molecule has 5 heteroatoms. The van der Waals surface area contributed by atoms with E-state index in [2.05, 4.69) is 5.32 Å². The summed E-state index contributed by atoms with van der Waals surface area (Å²) in [7, 11) is 1.70. The smallest absolute Gasteiger partial charge is 0.320 e. The highest BCUT2D eigenvalue weighted by Gasteiger charge is 2.27. The molecule has 1 atom stereocenters. The zero-order valence-corrected chi connectivity index (χ0v) is 10.3. The van der Waals surface area contributed by atoms with Crippen LogP contribution in [-0.2, 0) is 20.9 Å². The van der Waals surface area contributed by atoms with Crippen molar-refractivity contribution in [3.8, 4) is 0 Å². The predicted molar refractivity (Wildman–Crippen MR) is 65.9 cm³/mol. The normalized spacial score (nSPS) is 11.8. The van der Waals surface area contributed by atoms with Crippen molar-refractivity contribution in [2.24, 2.45) is 5.92 Å². The number of hydrogen-bond acceptors (Lipinski definition) is 4. The van der Waals surface area contributed by atoms with E-state index in [1.807, 2.05) is 30.3 Å². The van der Waals surface area contributed by atoms with Gasteiger partial charge in [-0.05, 0) is 25.6 Å². The minimum Gasteiger partial charge on any atom is -0.481 e. The van der Waals surface area contributed by atoms with Gasteiger partial charge in [0.1, 0.15) is 6.61 Å². The molecule has 1 aromatic carbocycles. The summed E-state index contributed by atoms with van der Waals surface area (Å²) >= 11 is 0. The van der Waals surface area contributed by atoms with Gasteiger partial charge < -0.3 is 15.2 Å². The van der Waals surface area contributed by atoms with E-state index in [-0.39, 0.29) is 13.0 Å². The van der Waals surface area contributed by atoms with Gasteiger partial charge in [-0.15, -0.1) is 0 Å². The Morgan fingerprint density at radius 3 is 2.56 bits per heavy atom. The molecule has 0 radical (unpaired) electrons. The van der Waals surface area contributed by atoms with Crippen molar-refractivity contribution in [3.63, 3.8) is 0 Å². The Hall–Kier alpha value is -1.88. The Bertz CT molecular complexity index is 391. The molecule has 1 aromatic rings. The van der Waals surface area contributed by atoms with Crippen molar-refractivity contribution in [2.75, 3.05) is 13.6 Å². The third kappa shape index (κ3) is 4.55. The Labute approximate surface area is 106 Å². The SMILES string of the molecule is CNCCC(C(=O)O)C(=O)OCc1ccccc1. The van der Waals surface area contributed by atoms with Crippen LogP contribution in [0.4, 0.5) is 0 Å². The molecule has 98 valence electrons. The van der Waals surface area contributed by atoms with E-state index in [4.69, 9.17) is 9.84 Å². The number of nitrogens with one attached hydrogen (secondary N) is 1. The molecule has 0 bridgehead atoms. The zero-order valence-electron chi connectivity index (χ0n) is 10.3. The lowest BCUT2D eigenvalue weighted by Crippen LogP contribution is -2.28. The number of ether oxygens (including phenoxy) is 1. The quantitative estimate of drug-likeness (QED) is 0.559. The van der Waals surface area contributed by atoms with E-state index in [0.717, 1.165) is 5.56 Å². The van der Waals surface area contributed by atoms with Crippen LogP contribution in [0.15, 0.2) is 30.3 Å². The highest BCUT2D eigenvalue weighted by atomic mass is 16.5. The molecule has 0 saturated heterocycles. The highest BCUT2D eigenvalue weighted by Crippen LogP contribution is 2.08. The molecule has 0 saturated carbocycles. The van der Waals surface area contributed by atoms with Gasteiger partial charge in [0.2, 0.25) is 0 Å². The maximum Gasteiger partial charge on any atom is 0.320 e. The largest absolute Gasteiger partial charge is 0.481 e. The molecule has 0 aliphatic carbocycles. The molecule has 0 aliphatic heterocycles. The fraction of sp³-hybridized carbons (Fsp3) is 0.385. The fourth-order valence-electron chi connectivity index (χ4n) is 1.46. The number of carboxylic acid groups (broad SMARTS) is 1. The van der Waals surface area contributed by atoms with Crippen LogP contribution >= 0.6 is 0 Å². The number of benzene rings is 1. The topological polar surface area (TPSA) is 75.6 Å².